The lowest BCUT2D eigenvalue weighted by Gasteiger charge is -2.15. The molecule has 0 radical (unpaired) electrons. The maximum atomic E-state index is 13.7. The monoisotopic (exact) mass is 374 g/mol. The van der Waals surface area contributed by atoms with Gasteiger partial charge in [-0.15, -0.1) is 0 Å². The van der Waals surface area contributed by atoms with Crippen LogP contribution < -0.4 is 5.32 Å². The Morgan fingerprint density at radius 3 is 2.44 bits per heavy atom. The number of hydrogen-bond acceptors (Lipinski definition) is 3. The zero-order valence-corrected chi connectivity index (χ0v) is 14.5. The Morgan fingerprint density at radius 2 is 1.81 bits per heavy atom. The highest BCUT2D eigenvalue weighted by Gasteiger charge is 2.34. The van der Waals surface area contributed by atoms with Gasteiger partial charge in [0.15, 0.2) is 0 Å². The van der Waals surface area contributed by atoms with Crippen LogP contribution in [0.4, 0.5) is 13.2 Å². The van der Waals surface area contributed by atoms with Crippen molar-refractivity contribution in [2.45, 2.75) is 13.1 Å². The average Bonchev–Trinajstić information content (AvgIpc) is 2.65. The number of hydrogen-bond donors (Lipinski definition) is 2. The van der Waals surface area contributed by atoms with Gasteiger partial charge in [-0.3, -0.25) is 4.79 Å². The van der Waals surface area contributed by atoms with E-state index in [1.165, 1.54) is 6.07 Å². The van der Waals surface area contributed by atoms with E-state index in [9.17, 15) is 18.0 Å². The van der Waals surface area contributed by atoms with Crippen LogP contribution in [0.15, 0.2) is 48.5 Å². The van der Waals surface area contributed by atoms with Gasteiger partial charge in [0.1, 0.15) is 5.69 Å². The van der Waals surface area contributed by atoms with Gasteiger partial charge in [0, 0.05) is 11.9 Å². The summed E-state index contributed by atoms with van der Waals surface area (Å²) in [6.07, 6.45) is -4.62. The first-order chi connectivity index (χ1) is 12.8. The fourth-order valence-corrected chi connectivity index (χ4v) is 2.88. The van der Waals surface area contributed by atoms with Crippen molar-refractivity contribution >= 4 is 16.8 Å². The second-order valence-corrected chi connectivity index (χ2v) is 6.09. The van der Waals surface area contributed by atoms with Gasteiger partial charge >= 0.3 is 6.18 Å². The number of halogens is 3. The summed E-state index contributed by atoms with van der Waals surface area (Å²) in [6, 6.07) is 12.9. The molecule has 0 saturated carbocycles. The van der Waals surface area contributed by atoms with Crippen molar-refractivity contribution in [2.75, 3.05) is 13.2 Å². The van der Waals surface area contributed by atoms with E-state index >= 15 is 0 Å². The fourth-order valence-electron chi connectivity index (χ4n) is 2.88. The van der Waals surface area contributed by atoms with Crippen LogP contribution in [0.3, 0.4) is 0 Å². The van der Waals surface area contributed by atoms with Gasteiger partial charge in [0.2, 0.25) is 0 Å². The molecule has 0 aliphatic rings. The molecule has 3 aromatic rings. The van der Waals surface area contributed by atoms with Crippen molar-refractivity contribution in [3.05, 3.63) is 65.4 Å². The van der Waals surface area contributed by atoms with Crippen LogP contribution in [0.5, 0.6) is 0 Å². The van der Waals surface area contributed by atoms with E-state index in [1.807, 2.05) is 0 Å². The van der Waals surface area contributed by atoms with Gasteiger partial charge in [-0.1, -0.05) is 30.3 Å². The molecule has 27 heavy (non-hydrogen) atoms. The second-order valence-electron chi connectivity index (χ2n) is 6.09. The number of benzene rings is 2. The Morgan fingerprint density at radius 1 is 1.11 bits per heavy atom. The number of alkyl halides is 3. The molecule has 2 aromatic carbocycles. The molecule has 1 amide bonds. The quantitative estimate of drug-likeness (QED) is 0.727. The molecule has 3 rings (SSSR count). The first-order valence-electron chi connectivity index (χ1n) is 8.28. The lowest BCUT2D eigenvalue weighted by Crippen LogP contribution is -2.27. The van der Waals surface area contributed by atoms with Crippen LogP contribution in [0.25, 0.3) is 22.0 Å². The number of rotatable bonds is 4. The number of pyridine rings is 1. The van der Waals surface area contributed by atoms with Gasteiger partial charge in [-0.25, -0.2) is 4.98 Å². The molecule has 0 spiro atoms. The SMILES string of the molecule is Cc1cc(C(=O)NCCO)nc2c(C(F)(F)F)cc(-c3ccccc3)cc12. The molecule has 0 aliphatic heterocycles. The minimum absolute atomic E-state index is 0.00330. The van der Waals surface area contributed by atoms with Crippen molar-refractivity contribution in [1.29, 1.82) is 0 Å². The van der Waals surface area contributed by atoms with Crippen LogP contribution >= 0.6 is 0 Å². The lowest BCUT2D eigenvalue weighted by molar-refractivity contribution is -0.136. The Balaban J connectivity index is 2.24. The summed E-state index contributed by atoms with van der Waals surface area (Å²) in [5.74, 6) is -0.630. The third kappa shape index (κ3) is 3.93. The summed E-state index contributed by atoms with van der Waals surface area (Å²) in [5.41, 5.74) is 0.325. The summed E-state index contributed by atoms with van der Waals surface area (Å²) in [7, 11) is 0. The van der Waals surface area contributed by atoms with Gasteiger partial charge in [-0.05, 0) is 41.8 Å². The van der Waals surface area contributed by atoms with Crippen molar-refractivity contribution in [3.8, 4) is 11.1 Å². The number of carbonyl (C=O) groups is 1. The normalized spacial score (nSPS) is 11.6. The van der Waals surface area contributed by atoms with Gasteiger partial charge in [-0.2, -0.15) is 13.2 Å². The molecule has 2 N–H and O–H groups in total. The molecule has 1 aromatic heterocycles. The van der Waals surface area contributed by atoms with E-state index in [0.29, 0.717) is 22.1 Å². The van der Waals surface area contributed by atoms with Gasteiger partial charge in [0.25, 0.3) is 5.91 Å². The van der Waals surface area contributed by atoms with E-state index in [1.54, 1.807) is 43.3 Å². The minimum Gasteiger partial charge on any atom is -0.395 e. The number of carbonyl (C=O) groups excluding carboxylic acids is 1. The number of amides is 1. The van der Waals surface area contributed by atoms with E-state index in [-0.39, 0.29) is 24.4 Å². The number of aliphatic hydroxyl groups is 1. The van der Waals surface area contributed by atoms with Crippen LogP contribution in [-0.2, 0) is 6.18 Å². The zero-order valence-electron chi connectivity index (χ0n) is 14.5. The molecular weight excluding hydrogens is 357 g/mol. The summed E-state index contributed by atoms with van der Waals surface area (Å²) in [4.78, 5) is 16.1. The molecule has 0 atom stereocenters. The first kappa shape index (κ1) is 18.8. The predicted octanol–water partition coefficient (Wildman–Crippen LogP) is 3.95. The summed E-state index contributed by atoms with van der Waals surface area (Å²) < 4.78 is 41.1. The van der Waals surface area contributed by atoms with Crippen LogP contribution in [0.1, 0.15) is 21.6 Å². The van der Waals surface area contributed by atoms with Crippen molar-refractivity contribution in [1.82, 2.24) is 10.3 Å². The Hall–Kier alpha value is -2.93. The summed E-state index contributed by atoms with van der Waals surface area (Å²) in [6.45, 7) is 1.37. The molecule has 0 saturated heterocycles. The topological polar surface area (TPSA) is 62.2 Å². The standard InChI is InChI=1S/C20H17F3N2O2/c1-12-9-17(19(27)24-7-8-26)25-18-15(12)10-14(11-16(18)20(21,22)23)13-5-3-2-4-6-13/h2-6,9-11,26H,7-8H2,1H3,(H,24,27). The van der Waals surface area contributed by atoms with E-state index in [0.717, 1.165) is 6.07 Å². The predicted molar refractivity (Wildman–Crippen MR) is 96.3 cm³/mol. The number of fused-ring (bicyclic) bond motifs is 1. The van der Waals surface area contributed by atoms with E-state index < -0.39 is 17.6 Å². The Kier molecular flexibility index (Phi) is 5.14. The number of aliphatic hydroxyl groups excluding tert-OH is 1. The van der Waals surface area contributed by atoms with E-state index in [2.05, 4.69) is 10.3 Å². The molecule has 0 unspecified atom stereocenters. The number of nitrogens with zero attached hydrogens (tertiary/aromatic N) is 1. The highest BCUT2D eigenvalue weighted by molar-refractivity contribution is 5.97. The maximum Gasteiger partial charge on any atom is 0.418 e. The van der Waals surface area contributed by atoms with Crippen molar-refractivity contribution in [3.63, 3.8) is 0 Å². The van der Waals surface area contributed by atoms with Crippen LogP contribution in [-0.4, -0.2) is 29.1 Å². The minimum atomic E-state index is -4.62. The van der Waals surface area contributed by atoms with Crippen molar-refractivity contribution in [2.24, 2.45) is 0 Å². The molecule has 0 fully saturated rings. The fraction of sp³-hybridized carbons (Fsp3) is 0.200. The van der Waals surface area contributed by atoms with Gasteiger partial charge in [0.05, 0.1) is 17.7 Å². The lowest BCUT2D eigenvalue weighted by atomic mass is 9.96. The summed E-state index contributed by atoms with van der Waals surface area (Å²) >= 11 is 0. The number of aryl methyl sites for hydroxylation is 1. The van der Waals surface area contributed by atoms with Gasteiger partial charge < -0.3 is 10.4 Å². The molecule has 1 heterocycles. The third-order valence-electron chi connectivity index (χ3n) is 4.16. The Bertz CT molecular complexity index is 986. The molecule has 0 aliphatic carbocycles. The molecule has 4 nitrogen and oxygen atoms in total. The molecule has 140 valence electrons. The van der Waals surface area contributed by atoms with Crippen LogP contribution in [0.2, 0.25) is 0 Å². The third-order valence-corrected chi connectivity index (χ3v) is 4.16. The van der Waals surface area contributed by atoms with Crippen LogP contribution in [0, 0.1) is 6.92 Å². The average molecular weight is 374 g/mol. The number of nitrogens with one attached hydrogen (secondary N) is 1. The van der Waals surface area contributed by atoms with E-state index in [4.69, 9.17) is 5.11 Å². The second kappa shape index (κ2) is 7.36. The van der Waals surface area contributed by atoms with Crippen molar-refractivity contribution < 1.29 is 23.1 Å². The maximum absolute atomic E-state index is 13.7. The number of aromatic nitrogens is 1. The molecule has 7 heteroatoms. The highest BCUT2D eigenvalue weighted by atomic mass is 19.4. The smallest absolute Gasteiger partial charge is 0.395 e. The highest BCUT2D eigenvalue weighted by Crippen LogP contribution is 2.38. The summed E-state index contributed by atoms with van der Waals surface area (Å²) in [5, 5.41) is 11.5. The largest absolute Gasteiger partial charge is 0.418 e. The molecule has 0 bridgehead atoms. The first-order valence-corrected chi connectivity index (χ1v) is 8.28. The Labute approximate surface area is 153 Å². The molecular formula is C20H17F3N2O2. The zero-order chi connectivity index (χ0) is 19.6.